The van der Waals surface area contributed by atoms with Gasteiger partial charge in [-0.2, -0.15) is 0 Å². The number of halogens is 2. The first-order chi connectivity index (χ1) is 17.5. The van der Waals surface area contributed by atoms with Crippen LogP contribution in [0.5, 0.6) is 11.5 Å². The van der Waals surface area contributed by atoms with Gasteiger partial charge in [-0.15, -0.1) is 20.5 Å². The standard InChI is InChI=1S/C22H24N4O2.2ClHO4.2Mn/c1-15-7-17-11-23-3-5-25-13-19-9-16(2)10-20(22(19)28)14-26-6-4-24-12-18(8-15)21(17)27;2*2-1(3,4)5;;/h7-14,27-28H,3-6H2,1-2H3;2*(H,2,3,4,5);;/q;;;2*+2/p-4. The van der Waals surface area contributed by atoms with Crippen LogP contribution in [-0.4, -0.2) is 51.0 Å². The second-order valence-electron chi connectivity index (χ2n) is 7.44. The molecule has 40 heavy (non-hydrogen) atoms. The summed E-state index contributed by atoms with van der Waals surface area (Å²) in [7, 11) is -9.89. The molecule has 0 N–H and O–H groups in total. The number of fused-ring (bicyclic) bond motifs is 4. The molecule has 0 aromatic heterocycles. The first-order valence-electron chi connectivity index (χ1n) is 10.4. The Balaban J connectivity index is 0. The molecule has 0 saturated carbocycles. The van der Waals surface area contributed by atoms with Crippen LogP contribution in [0.15, 0.2) is 44.2 Å². The Hall–Kier alpha value is -1.98. The van der Waals surface area contributed by atoms with E-state index >= 15 is 0 Å². The van der Waals surface area contributed by atoms with Crippen LogP contribution < -0.4 is 47.5 Å². The predicted octanol–water partition coefficient (Wildman–Crippen LogP) is -7.68. The summed E-state index contributed by atoms with van der Waals surface area (Å²) < 4.78 is 67.9. The van der Waals surface area contributed by atoms with Crippen molar-refractivity contribution in [3.05, 3.63) is 57.6 Å². The summed E-state index contributed by atoms with van der Waals surface area (Å²) >= 11 is 0. The molecule has 0 fully saturated rings. The zero-order valence-corrected chi connectivity index (χ0v) is 24.7. The van der Waals surface area contributed by atoms with Gasteiger partial charge in [0.1, 0.15) is 0 Å². The topological polar surface area (TPSA) is 280 Å². The Morgan fingerprint density at radius 3 is 0.825 bits per heavy atom. The molecule has 0 spiro atoms. The first-order valence-corrected chi connectivity index (χ1v) is 12.9. The molecule has 3 rings (SSSR count). The number of rotatable bonds is 0. The first kappa shape index (κ1) is 40.2. The quantitative estimate of drug-likeness (QED) is 0.236. The minimum absolute atomic E-state index is 0. The Bertz CT molecular complexity index is 1010. The zero-order chi connectivity index (χ0) is 28.9. The fourth-order valence-corrected chi connectivity index (χ4v) is 2.93. The van der Waals surface area contributed by atoms with Crippen LogP contribution in [0.3, 0.4) is 0 Å². The van der Waals surface area contributed by atoms with Crippen molar-refractivity contribution in [2.75, 3.05) is 26.2 Å². The van der Waals surface area contributed by atoms with Crippen molar-refractivity contribution in [2.45, 2.75) is 13.8 Å². The average molecular weight is 683 g/mol. The van der Waals surface area contributed by atoms with Gasteiger partial charge >= 0.3 is 34.1 Å². The van der Waals surface area contributed by atoms with Gasteiger partial charge in [0.25, 0.3) is 0 Å². The van der Waals surface area contributed by atoms with Crippen molar-refractivity contribution in [2.24, 2.45) is 20.0 Å². The van der Waals surface area contributed by atoms with Gasteiger partial charge in [-0.1, -0.05) is 35.8 Å². The summed E-state index contributed by atoms with van der Waals surface area (Å²) in [4.78, 5) is 17.2. The maximum Gasteiger partial charge on any atom is 2.00 e. The molecule has 218 valence electrons. The molecule has 18 heteroatoms. The molecule has 1 aliphatic heterocycles. The summed E-state index contributed by atoms with van der Waals surface area (Å²) in [6.45, 7) is 5.60. The van der Waals surface area contributed by atoms with E-state index in [-0.39, 0.29) is 45.6 Å². The van der Waals surface area contributed by atoms with E-state index in [4.69, 9.17) is 37.3 Å². The number of hydrogen-bond acceptors (Lipinski definition) is 14. The number of aliphatic imine (C=N–C) groups is 4. The third-order valence-electron chi connectivity index (χ3n) is 4.22. The predicted molar refractivity (Wildman–Crippen MR) is 111 cm³/mol. The fourth-order valence-electron chi connectivity index (χ4n) is 2.93. The normalized spacial score (nSPS) is 13.2. The van der Waals surface area contributed by atoms with E-state index in [9.17, 15) is 10.2 Å². The molecule has 2 aromatic rings. The number of hydrogen-bond donors (Lipinski definition) is 0. The minimum atomic E-state index is -4.94. The van der Waals surface area contributed by atoms with Gasteiger partial charge in [-0.05, 0) is 47.2 Å². The molecule has 0 atom stereocenters. The van der Waals surface area contributed by atoms with Gasteiger partial charge in [0.15, 0.2) is 0 Å². The number of nitrogens with zero attached hydrogens (tertiary/aromatic N) is 4. The smallest absolute Gasteiger partial charge is 0.872 e. The van der Waals surface area contributed by atoms with Crippen LogP contribution in [-0.2, 0) is 34.1 Å². The van der Waals surface area contributed by atoms with Crippen LogP contribution in [0.25, 0.3) is 0 Å². The van der Waals surface area contributed by atoms with Crippen molar-refractivity contribution in [3.8, 4) is 11.5 Å². The maximum atomic E-state index is 12.5. The van der Waals surface area contributed by atoms with E-state index in [1.165, 1.54) is 0 Å². The molecule has 2 aromatic carbocycles. The molecule has 0 amide bonds. The second-order valence-corrected chi connectivity index (χ2v) is 8.95. The fraction of sp³-hybridized carbons (Fsp3) is 0.273. The van der Waals surface area contributed by atoms with E-state index < -0.39 is 20.5 Å². The van der Waals surface area contributed by atoms with Gasteiger partial charge in [0, 0.05) is 24.9 Å². The van der Waals surface area contributed by atoms with Crippen molar-refractivity contribution >= 4 is 24.9 Å². The molecular weight excluding hydrogens is 661 g/mol. The van der Waals surface area contributed by atoms with E-state index in [0.29, 0.717) is 48.4 Å². The monoisotopic (exact) mass is 682 g/mol. The molecule has 1 aliphatic rings. The largest absolute Gasteiger partial charge is 2.00 e. The summed E-state index contributed by atoms with van der Waals surface area (Å²) in [5.74, 6) is -0.180. The van der Waals surface area contributed by atoms with Gasteiger partial charge in [0.05, 0.1) is 26.2 Å². The third-order valence-corrected chi connectivity index (χ3v) is 4.22. The number of benzene rings is 2. The van der Waals surface area contributed by atoms with Crippen molar-refractivity contribution in [3.63, 3.8) is 0 Å². The zero-order valence-electron chi connectivity index (χ0n) is 20.8. The van der Waals surface area contributed by atoms with E-state index in [2.05, 4.69) is 20.0 Å². The summed E-state index contributed by atoms with van der Waals surface area (Å²) in [6, 6.07) is 7.25. The van der Waals surface area contributed by atoms with Crippen LogP contribution in [0.4, 0.5) is 0 Å². The Kier molecular flexibility index (Phi) is 19.3. The molecule has 2 radical (unpaired) electrons. The van der Waals surface area contributed by atoms with Crippen LogP contribution in [0.1, 0.15) is 33.4 Å². The Labute approximate surface area is 255 Å². The summed E-state index contributed by atoms with van der Waals surface area (Å²) in [6.07, 6.45) is 6.33. The molecular formula is C22H22Cl2Mn2N4O10. The second kappa shape index (κ2) is 19.2. The van der Waals surface area contributed by atoms with Crippen LogP contribution in [0.2, 0.25) is 0 Å². The van der Waals surface area contributed by atoms with E-state index in [0.717, 1.165) is 11.1 Å². The Morgan fingerprint density at radius 1 is 0.475 bits per heavy atom. The molecule has 4 bridgehead atoms. The molecule has 0 unspecified atom stereocenters. The minimum Gasteiger partial charge on any atom is -0.872 e. The molecule has 0 saturated heterocycles. The molecule has 1 heterocycles. The van der Waals surface area contributed by atoms with E-state index in [1.54, 1.807) is 24.9 Å². The number of aryl methyl sites for hydroxylation is 2. The molecule has 14 nitrogen and oxygen atoms in total. The van der Waals surface area contributed by atoms with Gasteiger partial charge in [0.2, 0.25) is 0 Å². The Morgan fingerprint density at radius 2 is 0.650 bits per heavy atom. The SMILES string of the molecule is Cc1cc2c([O-])c(c1)C=NCCN=Cc1cc(C)cc(c1[O-])C=NCCN=C2.[Mn+2].[Mn+2].[O-][Cl+3]([O-])([O-])[O-].[O-][Cl+3]([O-])([O-])[O-]. The maximum absolute atomic E-state index is 12.5. The average Bonchev–Trinajstić information content (AvgIpc) is 2.75. The van der Waals surface area contributed by atoms with Crippen LogP contribution in [0, 0.1) is 34.3 Å². The van der Waals surface area contributed by atoms with Gasteiger partial charge in [-0.25, -0.2) is 37.3 Å². The van der Waals surface area contributed by atoms with E-state index in [1.807, 2.05) is 38.1 Å². The van der Waals surface area contributed by atoms with Crippen molar-refractivity contribution in [1.82, 2.24) is 0 Å². The summed E-state index contributed by atoms with van der Waals surface area (Å²) in [5, 5.41) is 25.0. The molecule has 0 aliphatic carbocycles. The summed E-state index contributed by atoms with van der Waals surface area (Å²) in [5.41, 5.74) is 4.10. The van der Waals surface area contributed by atoms with Crippen molar-refractivity contribution in [1.29, 1.82) is 0 Å². The van der Waals surface area contributed by atoms with Gasteiger partial charge in [-0.3, -0.25) is 20.0 Å². The van der Waals surface area contributed by atoms with Gasteiger partial charge < -0.3 is 10.2 Å². The third kappa shape index (κ3) is 19.2. The van der Waals surface area contributed by atoms with Crippen LogP contribution >= 0.6 is 0 Å². The van der Waals surface area contributed by atoms with Crippen molar-refractivity contribution < 1.29 is 102 Å².